The van der Waals surface area contributed by atoms with Crippen molar-refractivity contribution in [3.63, 3.8) is 0 Å². The fourth-order valence-electron chi connectivity index (χ4n) is 1.11. The van der Waals surface area contributed by atoms with Gasteiger partial charge in [0.25, 0.3) is 0 Å². The molecule has 13 heavy (non-hydrogen) atoms. The van der Waals surface area contributed by atoms with Crippen molar-refractivity contribution in [3.8, 4) is 0 Å². The largest absolute Gasteiger partial charge is 0.236 e. The molecule has 0 bridgehead atoms. The zero-order valence-electron chi connectivity index (χ0n) is 8.50. The molecule has 0 spiro atoms. The van der Waals surface area contributed by atoms with Crippen LogP contribution in [0.25, 0.3) is 0 Å². The molecule has 3 heteroatoms. The highest BCUT2D eigenvalue weighted by Crippen LogP contribution is 2.34. The Morgan fingerprint density at radius 2 is 2.00 bits per heavy atom. The molecule has 0 amide bonds. The summed E-state index contributed by atoms with van der Waals surface area (Å²) in [7, 11) is 0. The average molecular weight is 182 g/mol. The summed E-state index contributed by atoms with van der Waals surface area (Å²) in [4.78, 5) is 0. The standard InChI is InChI=1S/C10H15FN2/c1-7(10(2,3)4)8-5-6-12-13-9(8)11/h5-7H,1-4H3. The minimum atomic E-state index is -0.454. The van der Waals surface area contributed by atoms with Crippen molar-refractivity contribution in [1.82, 2.24) is 10.2 Å². The minimum Gasteiger partial charge on any atom is -0.183 e. The van der Waals surface area contributed by atoms with E-state index in [1.165, 1.54) is 6.20 Å². The fourth-order valence-corrected chi connectivity index (χ4v) is 1.11. The highest BCUT2D eigenvalue weighted by molar-refractivity contribution is 5.15. The predicted octanol–water partition coefficient (Wildman–Crippen LogP) is 2.77. The first-order valence-electron chi connectivity index (χ1n) is 4.40. The zero-order valence-corrected chi connectivity index (χ0v) is 8.50. The fraction of sp³-hybridized carbons (Fsp3) is 0.600. The molecular weight excluding hydrogens is 167 g/mol. The van der Waals surface area contributed by atoms with Crippen LogP contribution in [-0.2, 0) is 0 Å². The van der Waals surface area contributed by atoms with E-state index in [0.29, 0.717) is 5.56 Å². The van der Waals surface area contributed by atoms with Crippen LogP contribution in [0.1, 0.15) is 39.2 Å². The molecule has 0 radical (unpaired) electrons. The second kappa shape index (κ2) is 3.40. The number of halogens is 1. The molecule has 0 aliphatic heterocycles. The lowest BCUT2D eigenvalue weighted by molar-refractivity contribution is 0.328. The van der Waals surface area contributed by atoms with Crippen LogP contribution in [0.5, 0.6) is 0 Å². The monoisotopic (exact) mass is 182 g/mol. The molecule has 72 valence electrons. The zero-order chi connectivity index (χ0) is 10.1. The van der Waals surface area contributed by atoms with Crippen LogP contribution < -0.4 is 0 Å². The molecule has 0 aromatic carbocycles. The van der Waals surface area contributed by atoms with Crippen LogP contribution in [-0.4, -0.2) is 10.2 Å². The summed E-state index contributed by atoms with van der Waals surface area (Å²) in [5, 5.41) is 6.88. The Morgan fingerprint density at radius 3 is 2.46 bits per heavy atom. The maximum Gasteiger partial charge on any atom is 0.236 e. The van der Waals surface area contributed by atoms with Gasteiger partial charge in [-0.25, -0.2) is 0 Å². The van der Waals surface area contributed by atoms with E-state index in [-0.39, 0.29) is 11.3 Å². The Kier molecular flexibility index (Phi) is 2.64. The number of rotatable bonds is 1. The van der Waals surface area contributed by atoms with Gasteiger partial charge in [-0.05, 0) is 17.4 Å². The lowest BCUT2D eigenvalue weighted by atomic mass is 9.78. The van der Waals surface area contributed by atoms with Crippen LogP contribution in [0.4, 0.5) is 4.39 Å². The van der Waals surface area contributed by atoms with Crippen molar-refractivity contribution < 1.29 is 4.39 Å². The molecule has 0 aliphatic carbocycles. The van der Waals surface area contributed by atoms with E-state index in [9.17, 15) is 4.39 Å². The number of aromatic nitrogens is 2. The van der Waals surface area contributed by atoms with E-state index in [0.717, 1.165) is 0 Å². The molecule has 2 nitrogen and oxygen atoms in total. The van der Waals surface area contributed by atoms with Gasteiger partial charge in [0.1, 0.15) is 0 Å². The summed E-state index contributed by atoms with van der Waals surface area (Å²) in [6.07, 6.45) is 1.53. The smallest absolute Gasteiger partial charge is 0.183 e. The molecule has 0 N–H and O–H groups in total. The molecule has 0 fully saturated rings. The summed E-state index contributed by atoms with van der Waals surface area (Å²) in [5.74, 6) is -0.312. The molecule has 1 atom stereocenters. The third kappa shape index (κ3) is 2.23. The van der Waals surface area contributed by atoms with E-state index in [1.54, 1.807) is 6.07 Å². The highest BCUT2D eigenvalue weighted by atomic mass is 19.1. The van der Waals surface area contributed by atoms with Gasteiger partial charge in [-0.1, -0.05) is 27.7 Å². The average Bonchev–Trinajstić information content (AvgIpc) is 2.02. The van der Waals surface area contributed by atoms with Crippen LogP contribution in [0, 0.1) is 11.4 Å². The Labute approximate surface area is 78.2 Å². The van der Waals surface area contributed by atoms with Gasteiger partial charge in [0, 0.05) is 5.56 Å². The second-order valence-electron chi connectivity index (χ2n) is 4.37. The number of nitrogens with zero attached hydrogens (tertiary/aromatic N) is 2. The first kappa shape index (κ1) is 10.1. The van der Waals surface area contributed by atoms with E-state index in [4.69, 9.17) is 0 Å². The third-order valence-electron chi connectivity index (χ3n) is 2.47. The third-order valence-corrected chi connectivity index (χ3v) is 2.47. The molecule has 1 rings (SSSR count). The van der Waals surface area contributed by atoms with Crippen molar-refractivity contribution in [1.29, 1.82) is 0 Å². The maximum absolute atomic E-state index is 13.2. The molecule has 1 aromatic heterocycles. The van der Waals surface area contributed by atoms with Crippen LogP contribution >= 0.6 is 0 Å². The van der Waals surface area contributed by atoms with E-state index < -0.39 is 5.95 Å². The first-order valence-corrected chi connectivity index (χ1v) is 4.40. The van der Waals surface area contributed by atoms with Crippen molar-refractivity contribution in [2.24, 2.45) is 5.41 Å². The van der Waals surface area contributed by atoms with E-state index in [2.05, 4.69) is 31.0 Å². The van der Waals surface area contributed by atoms with Crippen molar-refractivity contribution in [2.45, 2.75) is 33.6 Å². The number of hydrogen-bond acceptors (Lipinski definition) is 2. The summed E-state index contributed by atoms with van der Waals surface area (Å²) in [5.41, 5.74) is 0.687. The minimum absolute atomic E-state index is 0.0455. The van der Waals surface area contributed by atoms with E-state index in [1.807, 2.05) is 6.92 Å². The Bertz CT molecular complexity index is 291. The van der Waals surface area contributed by atoms with Crippen LogP contribution in [0.15, 0.2) is 12.3 Å². The number of hydrogen-bond donors (Lipinski definition) is 0. The topological polar surface area (TPSA) is 25.8 Å². The summed E-state index contributed by atoms with van der Waals surface area (Å²) >= 11 is 0. The Hall–Kier alpha value is -0.990. The van der Waals surface area contributed by atoms with Gasteiger partial charge in [0.2, 0.25) is 5.95 Å². The molecule has 0 aliphatic rings. The van der Waals surface area contributed by atoms with Gasteiger partial charge in [-0.3, -0.25) is 0 Å². The van der Waals surface area contributed by atoms with Gasteiger partial charge < -0.3 is 0 Å². The van der Waals surface area contributed by atoms with Gasteiger partial charge in [-0.2, -0.15) is 9.49 Å². The van der Waals surface area contributed by atoms with Crippen molar-refractivity contribution >= 4 is 0 Å². The predicted molar refractivity (Wildman–Crippen MR) is 49.9 cm³/mol. The Morgan fingerprint density at radius 1 is 1.38 bits per heavy atom. The summed E-state index contributed by atoms with van der Waals surface area (Å²) in [6, 6.07) is 1.69. The Balaban J connectivity index is 3.02. The molecule has 1 aromatic rings. The second-order valence-corrected chi connectivity index (χ2v) is 4.37. The lowest BCUT2D eigenvalue weighted by Crippen LogP contribution is -2.17. The summed E-state index contributed by atoms with van der Waals surface area (Å²) in [6.45, 7) is 8.24. The first-order chi connectivity index (χ1) is 5.93. The molecular formula is C10H15FN2. The van der Waals surface area contributed by atoms with Crippen molar-refractivity contribution in [2.75, 3.05) is 0 Å². The van der Waals surface area contributed by atoms with Gasteiger partial charge in [0.05, 0.1) is 6.20 Å². The van der Waals surface area contributed by atoms with E-state index >= 15 is 0 Å². The molecule has 1 heterocycles. The lowest BCUT2D eigenvalue weighted by Gasteiger charge is -2.27. The van der Waals surface area contributed by atoms with Crippen LogP contribution in [0.3, 0.4) is 0 Å². The maximum atomic E-state index is 13.2. The normalized spacial score (nSPS) is 14.2. The molecule has 0 saturated heterocycles. The SMILES string of the molecule is CC(c1ccnnc1F)C(C)(C)C. The van der Waals surface area contributed by atoms with Crippen LogP contribution in [0.2, 0.25) is 0 Å². The highest BCUT2D eigenvalue weighted by Gasteiger charge is 2.24. The quantitative estimate of drug-likeness (QED) is 0.667. The van der Waals surface area contributed by atoms with Gasteiger partial charge in [-0.15, -0.1) is 5.10 Å². The molecule has 0 saturated carbocycles. The molecule has 1 unspecified atom stereocenters. The van der Waals surface area contributed by atoms with Crippen molar-refractivity contribution in [3.05, 3.63) is 23.8 Å². The summed E-state index contributed by atoms with van der Waals surface area (Å²) < 4.78 is 13.2. The van der Waals surface area contributed by atoms with Gasteiger partial charge >= 0.3 is 0 Å². The van der Waals surface area contributed by atoms with Gasteiger partial charge in [0.15, 0.2) is 0 Å².